The first-order chi connectivity index (χ1) is 11.7. The summed E-state index contributed by atoms with van der Waals surface area (Å²) in [5, 5.41) is 10.9. The zero-order valence-electron chi connectivity index (χ0n) is 13.5. The molecule has 1 fully saturated rings. The second kappa shape index (κ2) is 7.25. The van der Waals surface area contributed by atoms with E-state index in [1.165, 1.54) is 0 Å². The second-order valence-electron chi connectivity index (χ2n) is 5.88. The van der Waals surface area contributed by atoms with Crippen LogP contribution in [-0.2, 0) is 17.6 Å². The molecule has 7 heteroatoms. The number of amides is 1. The van der Waals surface area contributed by atoms with Gasteiger partial charge in [-0.25, -0.2) is 0 Å². The van der Waals surface area contributed by atoms with Gasteiger partial charge >= 0.3 is 0 Å². The van der Waals surface area contributed by atoms with Crippen molar-refractivity contribution in [3.8, 4) is 5.75 Å². The molecule has 2 N–H and O–H groups in total. The zero-order valence-corrected chi connectivity index (χ0v) is 13.5. The lowest BCUT2D eigenvalue weighted by Gasteiger charge is -2.07. The van der Waals surface area contributed by atoms with Crippen molar-refractivity contribution < 1.29 is 9.53 Å². The first-order valence-electron chi connectivity index (χ1n) is 8.01. The Labute approximate surface area is 139 Å². The third-order valence-electron chi connectivity index (χ3n) is 3.89. The molecule has 1 amide bonds. The van der Waals surface area contributed by atoms with Crippen molar-refractivity contribution in [1.82, 2.24) is 20.5 Å². The number of aryl methyl sites for hydroxylation is 1. The number of aromatic amines is 1. The molecule has 3 rings (SSSR count). The van der Waals surface area contributed by atoms with Crippen molar-refractivity contribution >= 4 is 5.91 Å². The Morgan fingerprint density at radius 1 is 1.33 bits per heavy atom. The molecular weight excluding hydrogens is 308 g/mol. The maximum Gasteiger partial charge on any atom is 0.272 e. The van der Waals surface area contributed by atoms with Crippen LogP contribution in [0.15, 0.2) is 29.1 Å². The van der Waals surface area contributed by atoms with E-state index in [9.17, 15) is 9.59 Å². The average molecular weight is 328 g/mol. The number of carbonyl (C=O) groups excluding carboxylic acids is 1. The summed E-state index contributed by atoms with van der Waals surface area (Å²) in [7, 11) is 1.60. The molecule has 0 aliphatic heterocycles. The molecule has 1 aliphatic carbocycles. The minimum atomic E-state index is -0.297. The third-order valence-corrected chi connectivity index (χ3v) is 3.89. The third kappa shape index (κ3) is 4.18. The second-order valence-corrected chi connectivity index (χ2v) is 5.88. The van der Waals surface area contributed by atoms with Crippen molar-refractivity contribution in [1.29, 1.82) is 0 Å². The number of H-pyrrole nitrogens is 1. The average Bonchev–Trinajstić information content (AvgIpc) is 3.38. The Morgan fingerprint density at radius 2 is 2.12 bits per heavy atom. The number of para-hydroxylation sites is 1. The van der Waals surface area contributed by atoms with Gasteiger partial charge in [0.2, 0.25) is 5.91 Å². The van der Waals surface area contributed by atoms with E-state index < -0.39 is 0 Å². The SMILES string of the molecule is COc1ccccc1Cc1nnc(CCC(=O)NC2CC2)c(=O)[nH]1. The Kier molecular flexibility index (Phi) is 4.88. The van der Waals surface area contributed by atoms with Crippen molar-refractivity contribution in [3.05, 3.63) is 51.7 Å². The smallest absolute Gasteiger partial charge is 0.272 e. The molecule has 2 aromatic rings. The fourth-order valence-electron chi connectivity index (χ4n) is 2.43. The summed E-state index contributed by atoms with van der Waals surface area (Å²) in [4.78, 5) is 26.5. The number of hydrogen-bond acceptors (Lipinski definition) is 5. The van der Waals surface area contributed by atoms with Gasteiger partial charge in [0.1, 0.15) is 17.3 Å². The highest BCUT2D eigenvalue weighted by Crippen LogP contribution is 2.19. The fraction of sp³-hybridized carbons (Fsp3) is 0.412. The normalized spacial score (nSPS) is 13.5. The molecule has 0 atom stereocenters. The number of aromatic nitrogens is 3. The highest BCUT2D eigenvalue weighted by molar-refractivity contribution is 5.76. The van der Waals surface area contributed by atoms with Crippen LogP contribution >= 0.6 is 0 Å². The number of benzene rings is 1. The quantitative estimate of drug-likeness (QED) is 0.789. The summed E-state index contributed by atoms with van der Waals surface area (Å²) in [6.07, 6.45) is 3.05. The van der Waals surface area contributed by atoms with E-state index in [1.54, 1.807) is 7.11 Å². The van der Waals surface area contributed by atoms with E-state index >= 15 is 0 Å². The van der Waals surface area contributed by atoms with Crippen molar-refractivity contribution in [2.45, 2.75) is 38.1 Å². The maximum absolute atomic E-state index is 12.1. The van der Waals surface area contributed by atoms with Crippen molar-refractivity contribution in [3.63, 3.8) is 0 Å². The summed E-state index contributed by atoms with van der Waals surface area (Å²) in [5.74, 6) is 1.16. The van der Waals surface area contributed by atoms with Crippen LogP contribution < -0.4 is 15.6 Å². The van der Waals surface area contributed by atoms with Crippen LogP contribution in [0.1, 0.15) is 36.3 Å². The predicted octanol–water partition coefficient (Wildman–Crippen LogP) is 0.975. The summed E-state index contributed by atoms with van der Waals surface area (Å²) in [6.45, 7) is 0. The van der Waals surface area contributed by atoms with E-state index in [2.05, 4.69) is 20.5 Å². The lowest BCUT2D eigenvalue weighted by atomic mass is 10.1. The van der Waals surface area contributed by atoms with Gasteiger partial charge in [0.25, 0.3) is 5.56 Å². The van der Waals surface area contributed by atoms with Gasteiger partial charge in [-0.05, 0) is 18.9 Å². The van der Waals surface area contributed by atoms with Crippen LogP contribution in [0.5, 0.6) is 5.75 Å². The molecule has 126 valence electrons. The molecule has 0 spiro atoms. The standard InChI is InChI=1S/C17H20N4O3/c1-24-14-5-3-2-4-11(14)10-15-19-17(23)13(20-21-15)8-9-16(22)18-12-6-7-12/h2-5,12H,6-10H2,1H3,(H,18,22)(H,19,21,23). The number of carbonyl (C=O) groups is 1. The van der Waals surface area contributed by atoms with E-state index in [0.29, 0.717) is 18.3 Å². The van der Waals surface area contributed by atoms with Gasteiger partial charge in [-0.2, -0.15) is 0 Å². The summed E-state index contributed by atoms with van der Waals surface area (Å²) < 4.78 is 5.29. The molecule has 0 bridgehead atoms. The predicted molar refractivity (Wildman–Crippen MR) is 87.9 cm³/mol. The van der Waals surface area contributed by atoms with Gasteiger partial charge in [-0.3, -0.25) is 9.59 Å². The minimum Gasteiger partial charge on any atom is -0.496 e. The number of nitrogens with one attached hydrogen (secondary N) is 2. The Bertz CT molecular complexity index is 783. The molecule has 1 aliphatic rings. The largest absolute Gasteiger partial charge is 0.496 e. The van der Waals surface area contributed by atoms with Crippen LogP contribution in [0.2, 0.25) is 0 Å². The Hall–Kier alpha value is -2.70. The molecule has 0 radical (unpaired) electrons. The topological polar surface area (TPSA) is 97.0 Å². The number of hydrogen-bond donors (Lipinski definition) is 2. The number of nitrogens with zero attached hydrogens (tertiary/aromatic N) is 2. The first-order valence-corrected chi connectivity index (χ1v) is 8.01. The van der Waals surface area contributed by atoms with Crippen LogP contribution in [0.25, 0.3) is 0 Å². The molecule has 1 aromatic heterocycles. The molecule has 1 saturated carbocycles. The van der Waals surface area contributed by atoms with Crippen LogP contribution in [0, 0.1) is 0 Å². The number of ether oxygens (including phenoxy) is 1. The highest BCUT2D eigenvalue weighted by Gasteiger charge is 2.23. The molecular formula is C17H20N4O3. The van der Waals surface area contributed by atoms with Crippen molar-refractivity contribution in [2.75, 3.05) is 7.11 Å². The van der Waals surface area contributed by atoms with Crippen LogP contribution in [0.4, 0.5) is 0 Å². The minimum absolute atomic E-state index is 0.0446. The van der Waals surface area contributed by atoms with Gasteiger partial charge in [-0.1, -0.05) is 18.2 Å². The highest BCUT2D eigenvalue weighted by atomic mass is 16.5. The van der Waals surface area contributed by atoms with Gasteiger partial charge in [0.15, 0.2) is 0 Å². The van der Waals surface area contributed by atoms with E-state index in [-0.39, 0.29) is 30.0 Å². The fourth-order valence-corrected chi connectivity index (χ4v) is 2.43. The van der Waals surface area contributed by atoms with Gasteiger partial charge in [0.05, 0.1) is 7.11 Å². The van der Waals surface area contributed by atoms with Crippen molar-refractivity contribution in [2.24, 2.45) is 0 Å². The number of methoxy groups -OCH3 is 1. The molecule has 0 unspecified atom stereocenters. The number of rotatable bonds is 7. The Morgan fingerprint density at radius 3 is 2.83 bits per heavy atom. The van der Waals surface area contributed by atoms with Gasteiger partial charge in [-0.15, -0.1) is 10.2 Å². The lowest BCUT2D eigenvalue weighted by molar-refractivity contribution is -0.121. The van der Waals surface area contributed by atoms with Crippen LogP contribution in [-0.4, -0.2) is 34.2 Å². The van der Waals surface area contributed by atoms with Gasteiger partial charge < -0.3 is 15.0 Å². The lowest BCUT2D eigenvalue weighted by Crippen LogP contribution is -2.27. The zero-order chi connectivity index (χ0) is 16.9. The van der Waals surface area contributed by atoms with E-state index in [0.717, 1.165) is 24.2 Å². The summed E-state index contributed by atoms with van der Waals surface area (Å²) >= 11 is 0. The molecule has 1 heterocycles. The molecule has 7 nitrogen and oxygen atoms in total. The van der Waals surface area contributed by atoms with E-state index in [4.69, 9.17) is 4.74 Å². The molecule has 1 aromatic carbocycles. The van der Waals surface area contributed by atoms with Gasteiger partial charge in [0, 0.05) is 30.9 Å². The summed E-state index contributed by atoms with van der Waals surface area (Å²) in [5.41, 5.74) is 0.903. The van der Waals surface area contributed by atoms with Crippen LogP contribution in [0.3, 0.4) is 0 Å². The monoisotopic (exact) mass is 328 g/mol. The maximum atomic E-state index is 12.1. The van der Waals surface area contributed by atoms with E-state index in [1.807, 2.05) is 24.3 Å². The Balaban J connectivity index is 1.63. The summed E-state index contributed by atoms with van der Waals surface area (Å²) in [6, 6.07) is 7.87. The first kappa shape index (κ1) is 16.2. The molecule has 0 saturated heterocycles. The molecule has 24 heavy (non-hydrogen) atoms.